The van der Waals surface area contributed by atoms with Crippen LogP contribution in [0, 0.1) is 0 Å². The zero-order valence-electron chi connectivity index (χ0n) is 15.7. The van der Waals surface area contributed by atoms with Crippen molar-refractivity contribution in [1.29, 1.82) is 0 Å². The van der Waals surface area contributed by atoms with Gasteiger partial charge in [0.15, 0.2) is 11.9 Å². The topological polar surface area (TPSA) is 153 Å². The first-order valence-corrected chi connectivity index (χ1v) is 9.96. The molecule has 0 radical (unpaired) electrons. The van der Waals surface area contributed by atoms with Crippen LogP contribution in [-0.2, 0) is 4.74 Å². The fourth-order valence-electron chi connectivity index (χ4n) is 3.20. The lowest BCUT2D eigenvalue weighted by Gasteiger charge is -2.16. The normalized spacial score (nSPS) is 24.1. The van der Waals surface area contributed by atoms with Crippen molar-refractivity contribution < 1.29 is 24.8 Å². The number of nitrogens with zero attached hydrogens (tertiary/aromatic N) is 3. The van der Waals surface area contributed by atoms with E-state index in [9.17, 15) is 20.1 Å². The summed E-state index contributed by atoms with van der Waals surface area (Å²) in [5.41, 5.74) is 6.92. The highest BCUT2D eigenvalue weighted by atomic mass is 32.1. The van der Waals surface area contributed by atoms with E-state index in [2.05, 4.69) is 9.97 Å². The molecular formula is C19H20N4O6S. The van der Waals surface area contributed by atoms with Crippen molar-refractivity contribution in [2.75, 3.05) is 18.9 Å². The van der Waals surface area contributed by atoms with Crippen LogP contribution in [0.2, 0.25) is 0 Å². The first-order valence-electron chi connectivity index (χ1n) is 9.15. The minimum absolute atomic E-state index is 0.120. The van der Waals surface area contributed by atoms with Crippen molar-refractivity contribution in [1.82, 2.24) is 14.5 Å². The number of nitrogen functional groups attached to an aromatic ring is 1. The average molecular weight is 432 g/mol. The Balaban J connectivity index is 1.63. The lowest BCUT2D eigenvalue weighted by Crippen LogP contribution is -2.34. The second-order valence-corrected chi connectivity index (χ2v) is 7.59. The van der Waals surface area contributed by atoms with Crippen LogP contribution in [0.4, 0.5) is 5.95 Å². The highest BCUT2D eigenvalue weighted by Crippen LogP contribution is 2.34. The molecule has 0 bridgehead atoms. The Kier molecular flexibility index (Phi) is 5.79. The van der Waals surface area contributed by atoms with E-state index in [4.69, 9.17) is 15.2 Å². The average Bonchev–Trinajstić information content (AvgIpc) is 3.21. The zero-order chi connectivity index (χ0) is 21.3. The summed E-state index contributed by atoms with van der Waals surface area (Å²) in [5, 5.41) is 29.6. The molecule has 3 aromatic rings. The molecule has 1 saturated heterocycles. The Bertz CT molecular complexity index is 1120. The van der Waals surface area contributed by atoms with Gasteiger partial charge in [-0.2, -0.15) is 9.97 Å². The maximum absolute atomic E-state index is 12.6. The number of thiazole rings is 1. The SMILES string of the molecule is Nc1nc(OC/C=C/c2ccccc2)c2sc(=O)n([C@@H]3O[C@H](CO)[C@@H](O)[C@H]3O)c2n1. The van der Waals surface area contributed by atoms with Gasteiger partial charge in [0.2, 0.25) is 11.8 Å². The van der Waals surface area contributed by atoms with Crippen LogP contribution < -0.4 is 15.3 Å². The van der Waals surface area contributed by atoms with E-state index in [0.29, 0.717) is 4.70 Å². The Morgan fingerprint density at radius 2 is 2.00 bits per heavy atom. The first kappa shape index (κ1) is 20.4. The number of fused-ring (bicyclic) bond motifs is 1. The summed E-state index contributed by atoms with van der Waals surface area (Å²) in [6.45, 7) is -0.328. The van der Waals surface area contributed by atoms with E-state index in [-0.39, 0.29) is 24.1 Å². The molecule has 11 heteroatoms. The van der Waals surface area contributed by atoms with E-state index in [0.717, 1.165) is 21.5 Å². The molecule has 4 rings (SSSR count). The molecule has 158 valence electrons. The second kappa shape index (κ2) is 8.50. The molecule has 4 atom stereocenters. The molecule has 0 aliphatic carbocycles. The molecular weight excluding hydrogens is 412 g/mol. The fraction of sp³-hybridized carbons (Fsp3) is 0.316. The van der Waals surface area contributed by atoms with E-state index in [1.807, 2.05) is 36.4 Å². The summed E-state index contributed by atoms with van der Waals surface area (Å²) in [4.78, 5) is 20.3. The molecule has 30 heavy (non-hydrogen) atoms. The molecule has 0 spiro atoms. The van der Waals surface area contributed by atoms with Crippen molar-refractivity contribution in [2.24, 2.45) is 0 Å². The van der Waals surface area contributed by atoms with Crippen LogP contribution in [0.3, 0.4) is 0 Å². The second-order valence-electron chi connectivity index (χ2n) is 6.63. The monoisotopic (exact) mass is 432 g/mol. The van der Waals surface area contributed by atoms with Crippen molar-refractivity contribution >= 4 is 33.7 Å². The maximum atomic E-state index is 12.6. The third kappa shape index (κ3) is 3.80. The molecule has 1 aliphatic rings. The summed E-state index contributed by atoms with van der Waals surface area (Å²) in [6, 6.07) is 9.67. The number of hydrogen-bond acceptors (Lipinski definition) is 10. The molecule has 1 aliphatic heterocycles. The van der Waals surface area contributed by atoms with Crippen molar-refractivity contribution in [3.05, 3.63) is 51.6 Å². The van der Waals surface area contributed by atoms with E-state index < -0.39 is 36.0 Å². The maximum Gasteiger partial charge on any atom is 0.311 e. The third-order valence-electron chi connectivity index (χ3n) is 4.65. The van der Waals surface area contributed by atoms with Gasteiger partial charge in [-0.25, -0.2) is 0 Å². The molecule has 5 N–H and O–H groups in total. The van der Waals surface area contributed by atoms with Gasteiger partial charge in [-0.05, 0) is 11.6 Å². The largest absolute Gasteiger partial charge is 0.472 e. The number of nitrogens with two attached hydrogens (primary N) is 1. The van der Waals surface area contributed by atoms with Crippen LogP contribution >= 0.6 is 11.3 Å². The standard InChI is InChI=1S/C19H20N4O6S/c20-18-21-15-14(16(22-18)28-8-4-7-10-5-2-1-3-6-10)30-19(27)23(15)17-13(26)12(25)11(9-24)29-17/h1-7,11-13,17,24-26H,8-9H2,(H2,20,21,22)/b7-4+/t11-,12-,13-,17-/m1/s1. The first-order chi connectivity index (χ1) is 14.5. The smallest absolute Gasteiger partial charge is 0.311 e. The van der Waals surface area contributed by atoms with E-state index >= 15 is 0 Å². The van der Waals surface area contributed by atoms with Crippen LogP contribution in [0.1, 0.15) is 11.8 Å². The Hall–Kier alpha value is -2.83. The van der Waals surface area contributed by atoms with Crippen LogP contribution in [0.25, 0.3) is 16.4 Å². The minimum atomic E-state index is -1.42. The van der Waals surface area contributed by atoms with Crippen molar-refractivity contribution in [3.8, 4) is 5.88 Å². The predicted molar refractivity (Wildman–Crippen MR) is 110 cm³/mol. The van der Waals surface area contributed by atoms with Gasteiger partial charge in [-0.15, -0.1) is 0 Å². The Morgan fingerprint density at radius 3 is 2.70 bits per heavy atom. The molecule has 1 fully saturated rings. The Labute approximate surface area is 174 Å². The van der Waals surface area contributed by atoms with Crippen LogP contribution in [-0.4, -0.2) is 61.4 Å². The molecule has 0 unspecified atom stereocenters. The molecule has 1 aromatic carbocycles. The number of hydrogen-bond donors (Lipinski definition) is 4. The number of ether oxygens (including phenoxy) is 2. The van der Waals surface area contributed by atoms with Gasteiger partial charge in [-0.1, -0.05) is 47.7 Å². The number of aliphatic hydroxyl groups excluding tert-OH is 3. The van der Waals surface area contributed by atoms with E-state index in [1.165, 1.54) is 0 Å². The quantitative estimate of drug-likeness (QED) is 0.426. The molecule has 3 heterocycles. The molecule has 10 nitrogen and oxygen atoms in total. The summed E-state index contributed by atoms with van der Waals surface area (Å²) in [7, 11) is 0. The lowest BCUT2D eigenvalue weighted by molar-refractivity contribution is -0.0518. The third-order valence-corrected chi connectivity index (χ3v) is 5.58. The highest BCUT2D eigenvalue weighted by Gasteiger charge is 2.45. The van der Waals surface area contributed by atoms with Gasteiger partial charge >= 0.3 is 4.87 Å². The molecule has 0 saturated carbocycles. The fourth-order valence-corrected chi connectivity index (χ4v) is 4.09. The van der Waals surface area contributed by atoms with Crippen molar-refractivity contribution in [3.63, 3.8) is 0 Å². The van der Waals surface area contributed by atoms with Crippen LogP contribution in [0.5, 0.6) is 5.88 Å². The molecule has 2 aromatic heterocycles. The summed E-state index contributed by atoms with van der Waals surface area (Å²) >= 11 is 0.810. The summed E-state index contributed by atoms with van der Waals surface area (Å²) in [5.74, 6) is 0.00522. The van der Waals surface area contributed by atoms with E-state index in [1.54, 1.807) is 6.08 Å². The van der Waals surface area contributed by atoms with Crippen molar-refractivity contribution in [2.45, 2.75) is 24.5 Å². The minimum Gasteiger partial charge on any atom is -0.472 e. The lowest BCUT2D eigenvalue weighted by atomic mass is 10.1. The van der Waals surface area contributed by atoms with Crippen LogP contribution in [0.15, 0.2) is 41.2 Å². The summed E-state index contributed by atoms with van der Waals surface area (Å²) in [6.07, 6.45) is -1.34. The van der Waals surface area contributed by atoms with Gasteiger partial charge in [0.05, 0.1) is 6.61 Å². The number of benzene rings is 1. The van der Waals surface area contributed by atoms with Gasteiger partial charge in [-0.3, -0.25) is 9.36 Å². The number of aliphatic hydroxyl groups is 3. The summed E-state index contributed by atoms with van der Waals surface area (Å²) < 4.78 is 12.6. The predicted octanol–water partition coefficient (Wildman–Crippen LogP) is 0.139. The number of aromatic nitrogens is 3. The number of rotatable bonds is 6. The molecule has 0 amide bonds. The zero-order valence-corrected chi connectivity index (χ0v) is 16.5. The van der Waals surface area contributed by atoms with Gasteiger partial charge in [0.25, 0.3) is 0 Å². The van der Waals surface area contributed by atoms with Gasteiger partial charge in [0.1, 0.15) is 29.6 Å². The Morgan fingerprint density at radius 1 is 1.23 bits per heavy atom. The van der Waals surface area contributed by atoms with Gasteiger partial charge < -0.3 is 30.5 Å². The number of anilines is 1. The van der Waals surface area contributed by atoms with Gasteiger partial charge in [0, 0.05) is 0 Å². The highest BCUT2D eigenvalue weighted by molar-refractivity contribution is 7.16.